The van der Waals surface area contributed by atoms with E-state index in [2.05, 4.69) is 0 Å². The zero-order valence-electron chi connectivity index (χ0n) is 6.69. The fourth-order valence-corrected chi connectivity index (χ4v) is 0.0758. The maximum absolute atomic E-state index is 11.2. The minimum absolute atomic E-state index is 2.23. The number of hydrogen-bond acceptors (Lipinski definition) is 0. The molecule has 15 heavy (non-hydrogen) atoms. The lowest BCUT2D eigenvalue weighted by Crippen LogP contribution is -2.38. The largest absolute Gasteiger partial charge is 0.456 e. The lowest BCUT2D eigenvalue weighted by Gasteiger charge is -2.14. The highest BCUT2D eigenvalue weighted by molar-refractivity contribution is 4.73. The molecule has 0 amide bonds. The fourth-order valence-electron chi connectivity index (χ4n) is 0.0758. The first-order chi connectivity index (χ1) is 6.37. The Bertz CT molecular complexity index is 164. The van der Waals surface area contributed by atoms with Crippen molar-refractivity contribution < 1.29 is 43.9 Å². The van der Waals surface area contributed by atoms with E-state index in [4.69, 9.17) is 0 Å². The summed E-state index contributed by atoms with van der Waals surface area (Å²) in [5.74, 6) is -5.19. The molecule has 0 atom stereocenters. The summed E-state index contributed by atoms with van der Waals surface area (Å²) in [4.78, 5) is 0. The Hall–Kier alpha value is -0.700. The van der Waals surface area contributed by atoms with Crippen molar-refractivity contribution in [2.24, 2.45) is 0 Å². The summed E-state index contributed by atoms with van der Waals surface area (Å²) in [6, 6.07) is 0. The van der Waals surface area contributed by atoms with Crippen LogP contribution in [0.2, 0.25) is 0 Å². The van der Waals surface area contributed by atoms with Gasteiger partial charge in [-0.15, -0.1) is 0 Å². The molecule has 0 N–H and O–H groups in total. The van der Waals surface area contributed by atoms with E-state index in [1.165, 1.54) is 0 Å². The van der Waals surface area contributed by atoms with Crippen molar-refractivity contribution in [1.29, 1.82) is 0 Å². The van der Waals surface area contributed by atoms with E-state index < -0.39 is 31.6 Å². The van der Waals surface area contributed by atoms with Gasteiger partial charge in [-0.25, -0.2) is 8.78 Å². The average Bonchev–Trinajstić information content (AvgIpc) is 2.02. The Morgan fingerprint density at radius 2 is 0.867 bits per heavy atom. The zero-order chi connectivity index (χ0) is 12.9. The molecular weight excluding hydrogens is 250 g/mol. The molecule has 0 aliphatic rings. The minimum Gasteiger partial charge on any atom is -0.244 e. The predicted molar refractivity (Wildman–Crippen MR) is 29.0 cm³/mol. The number of rotatable bonds is 1. The van der Waals surface area contributed by atoms with Gasteiger partial charge in [0.15, 0.2) is 13.3 Å². The number of halogens is 10. The second-order valence-electron chi connectivity index (χ2n) is 2.08. The quantitative estimate of drug-likeness (QED) is 0.626. The van der Waals surface area contributed by atoms with Crippen molar-refractivity contribution in [3.8, 4) is 0 Å². The molecule has 0 aliphatic carbocycles. The highest BCUT2D eigenvalue weighted by Gasteiger charge is 2.57. The molecule has 0 unspecified atom stereocenters. The van der Waals surface area contributed by atoms with Gasteiger partial charge in [0.2, 0.25) is 0 Å². The molecule has 0 aromatic carbocycles. The topological polar surface area (TPSA) is 0 Å². The van der Waals surface area contributed by atoms with Gasteiger partial charge in [-0.3, -0.25) is 0 Å². The van der Waals surface area contributed by atoms with E-state index in [0.29, 0.717) is 0 Å². The molecule has 0 saturated carbocycles. The van der Waals surface area contributed by atoms with Crippen molar-refractivity contribution in [2.75, 3.05) is 13.3 Å². The van der Waals surface area contributed by atoms with Gasteiger partial charge in [-0.05, 0) is 0 Å². The van der Waals surface area contributed by atoms with Crippen LogP contribution in [0.25, 0.3) is 0 Å². The van der Waals surface area contributed by atoms with Crippen molar-refractivity contribution >= 4 is 0 Å². The molecule has 0 rings (SSSR count). The average molecular weight is 254 g/mol. The summed E-state index contributed by atoms with van der Waals surface area (Å²) < 4.78 is 107. The van der Waals surface area contributed by atoms with Gasteiger partial charge in [-0.2, -0.15) is 35.1 Å². The van der Waals surface area contributed by atoms with Crippen LogP contribution in [0.3, 0.4) is 0 Å². The SMILES string of the molecule is FCC(F)(F)C(F)(F)F.FCC(F)(F)F. The van der Waals surface area contributed by atoms with Crippen LogP contribution in [0.5, 0.6) is 0 Å². The standard InChI is InChI=1S/C3H2F6.C2H2F4/c4-1-2(5,6)3(7,8)9;3-1-2(4,5)6/h1H2;1H2. The van der Waals surface area contributed by atoms with Crippen LogP contribution < -0.4 is 0 Å². The van der Waals surface area contributed by atoms with Crippen LogP contribution in [0.4, 0.5) is 43.9 Å². The first-order valence-electron chi connectivity index (χ1n) is 3.00. The number of alkyl halides is 10. The van der Waals surface area contributed by atoms with Crippen LogP contribution in [0, 0.1) is 0 Å². The lowest BCUT2D eigenvalue weighted by molar-refractivity contribution is -0.286. The molecule has 0 aliphatic heterocycles. The molecule has 0 spiro atoms. The van der Waals surface area contributed by atoms with Crippen LogP contribution in [0.15, 0.2) is 0 Å². The first kappa shape index (κ1) is 16.7. The Labute approximate surface area is 76.9 Å². The van der Waals surface area contributed by atoms with Crippen LogP contribution in [-0.2, 0) is 0 Å². The summed E-state index contributed by atoms with van der Waals surface area (Å²) >= 11 is 0. The van der Waals surface area contributed by atoms with E-state index in [9.17, 15) is 43.9 Å². The summed E-state index contributed by atoms with van der Waals surface area (Å²) in [6.45, 7) is -4.93. The Kier molecular flexibility index (Phi) is 6.02. The van der Waals surface area contributed by atoms with Crippen molar-refractivity contribution in [1.82, 2.24) is 0 Å². The van der Waals surface area contributed by atoms with Crippen LogP contribution in [-0.4, -0.2) is 31.6 Å². The number of hydrogen-bond donors (Lipinski definition) is 0. The Morgan fingerprint density at radius 3 is 0.867 bits per heavy atom. The van der Waals surface area contributed by atoms with Gasteiger partial charge in [0.25, 0.3) is 0 Å². The van der Waals surface area contributed by atoms with Gasteiger partial charge < -0.3 is 0 Å². The predicted octanol–water partition coefficient (Wildman–Crippen LogP) is 3.67. The minimum atomic E-state index is -5.76. The van der Waals surface area contributed by atoms with Gasteiger partial charge >= 0.3 is 18.3 Å². The molecule has 0 aromatic rings. The van der Waals surface area contributed by atoms with E-state index in [-0.39, 0.29) is 0 Å². The normalized spacial score (nSPS) is 13.2. The van der Waals surface area contributed by atoms with E-state index in [1.54, 1.807) is 0 Å². The van der Waals surface area contributed by atoms with Gasteiger partial charge in [-0.1, -0.05) is 0 Å². The maximum atomic E-state index is 11.2. The highest BCUT2D eigenvalue weighted by Crippen LogP contribution is 2.35. The highest BCUT2D eigenvalue weighted by atomic mass is 19.4. The van der Waals surface area contributed by atoms with E-state index >= 15 is 0 Å². The van der Waals surface area contributed by atoms with Gasteiger partial charge in [0, 0.05) is 0 Å². The summed E-state index contributed by atoms with van der Waals surface area (Å²) in [5, 5.41) is 0. The van der Waals surface area contributed by atoms with Crippen molar-refractivity contribution in [3.63, 3.8) is 0 Å². The molecule has 10 heteroatoms. The Morgan fingerprint density at radius 1 is 0.600 bits per heavy atom. The monoisotopic (exact) mass is 254 g/mol. The van der Waals surface area contributed by atoms with Crippen LogP contribution in [0.1, 0.15) is 0 Å². The molecular formula is C5H4F10. The lowest BCUT2D eigenvalue weighted by atomic mass is 10.4. The van der Waals surface area contributed by atoms with E-state index in [0.717, 1.165) is 0 Å². The Balaban J connectivity index is 0. The smallest absolute Gasteiger partial charge is 0.244 e. The van der Waals surface area contributed by atoms with Gasteiger partial charge in [0.05, 0.1) is 0 Å². The third-order valence-electron chi connectivity index (χ3n) is 0.734. The maximum Gasteiger partial charge on any atom is 0.456 e. The summed E-state index contributed by atoms with van der Waals surface area (Å²) in [5.41, 5.74) is 0. The summed E-state index contributed by atoms with van der Waals surface area (Å²) in [7, 11) is 0. The molecule has 0 fully saturated rings. The fraction of sp³-hybridized carbons (Fsp3) is 1.00. The van der Waals surface area contributed by atoms with E-state index in [1.807, 2.05) is 0 Å². The molecule has 0 saturated heterocycles. The van der Waals surface area contributed by atoms with Gasteiger partial charge in [0.1, 0.15) is 0 Å². The third-order valence-corrected chi connectivity index (χ3v) is 0.734. The molecule has 0 nitrogen and oxygen atoms in total. The summed E-state index contributed by atoms with van der Waals surface area (Å²) in [6.07, 6.45) is -10.4. The second-order valence-corrected chi connectivity index (χ2v) is 2.08. The molecule has 94 valence electrons. The van der Waals surface area contributed by atoms with Crippen LogP contribution >= 0.6 is 0 Å². The van der Waals surface area contributed by atoms with Crippen molar-refractivity contribution in [3.05, 3.63) is 0 Å². The first-order valence-corrected chi connectivity index (χ1v) is 3.00. The third kappa shape index (κ3) is 8.30. The van der Waals surface area contributed by atoms with Crippen molar-refractivity contribution in [2.45, 2.75) is 18.3 Å². The molecule has 0 bridgehead atoms. The molecule has 0 heterocycles. The molecule has 0 aromatic heterocycles. The zero-order valence-corrected chi connectivity index (χ0v) is 6.69. The molecule has 0 radical (unpaired) electrons. The second kappa shape index (κ2) is 5.40.